The number of nitrogens with zero attached hydrogens (tertiary/aromatic N) is 1. The van der Waals surface area contributed by atoms with Crippen LogP contribution < -0.4 is 10.5 Å². The van der Waals surface area contributed by atoms with Gasteiger partial charge in [-0.25, -0.2) is 4.39 Å². The van der Waals surface area contributed by atoms with Gasteiger partial charge in [0.1, 0.15) is 5.82 Å². The maximum absolute atomic E-state index is 13.1. The molecule has 5 nitrogen and oxygen atoms in total. The first-order valence-corrected chi connectivity index (χ1v) is 4.52. The minimum absolute atomic E-state index is 0.0697. The molecule has 0 aliphatic heterocycles. The largest absolute Gasteiger partial charge is 0.487 e. The van der Waals surface area contributed by atoms with Gasteiger partial charge in [0, 0.05) is 12.1 Å². The Balaban J connectivity index is 2.99. The molecular formula is C9H10F2N2O3. The van der Waals surface area contributed by atoms with Gasteiger partial charge in [0.15, 0.2) is 0 Å². The van der Waals surface area contributed by atoms with E-state index in [1.807, 2.05) is 0 Å². The molecule has 0 unspecified atom stereocenters. The molecule has 0 spiro atoms. The number of nitro benzene ring substituents is 1. The second-order valence-electron chi connectivity index (χ2n) is 2.98. The number of benzene rings is 1. The van der Waals surface area contributed by atoms with Crippen LogP contribution in [-0.4, -0.2) is 18.1 Å². The van der Waals surface area contributed by atoms with Crippen molar-refractivity contribution in [3.05, 3.63) is 33.9 Å². The molecular weight excluding hydrogens is 222 g/mol. The van der Waals surface area contributed by atoms with Gasteiger partial charge in [-0.05, 0) is 13.0 Å². The summed E-state index contributed by atoms with van der Waals surface area (Å²) >= 11 is 0. The van der Waals surface area contributed by atoms with E-state index < -0.39 is 28.0 Å². The Morgan fingerprint density at radius 1 is 1.44 bits per heavy atom. The smallest absolute Gasteiger partial charge is 0.346 e. The van der Waals surface area contributed by atoms with E-state index in [9.17, 15) is 18.9 Å². The van der Waals surface area contributed by atoms with E-state index in [0.29, 0.717) is 19.0 Å². The van der Waals surface area contributed by atoms with Crippen LogP contribution in [0.25, 0.3) is 0 Å². The normalized spacial score (nSPS) is 10.2. The second kappa shape index (κ2) is 5.36. The lowest BCUT2D eigenvalue weighted by atomic mass is 10.2. The first-order chi connectivity index (χ1) is 7.56. The van der Waals surface area contributed by atoms with Crippen molar-refractivity contribution in [2.75, 3.05) is 13.2 Å². The van der Waals surface area contributed by atoms with E-state index in [-0.39, 0.29) is 6.61 Å². The van der Waals surface area contributed by atoms with Gasteiger partial charge in [-0.1, -0.05) is 0 Å². The molecule has 0 saturated carbocycles. The Labute approximate surface area is 90.0 Å². The molecule has 0 saturated heterocycles. The molecule has 1 rings (SSSR count). The summed E-state index contributed by atoms with van der Waals surface area (Å²) in [4.78, 5) is 9.57. The zero-order valence-corrected chi connectivity index (χ0v) is 8.28. The molecule has 0 atom stereocenters. The summed E-state index contributed by atoms with van der Waals surface area (Å²) in [6, 6.07) is 1.21. The molecule has 7 heteroatoms. The van der Waals surface area contributed by atoms with E-state index in [1.165, 1.54) is 0 Å². The van der Waals surface area contributed by atoms with Crippen molar-refractivity contribution < 1.29 is 18.4 Å². The summed E-state index contributed by atoms with van der Waals surface area (Å²) in [5, 5.41) is 10.5. The Bertz CT molecular complexity index is 399. The number of nitro groups is 1. The molecule has 0 heterocycles. The standard InChI is InChI=1S/C9H10F2N2O3/c10-6-4-7(11)9(13(14)15)8(5-6)16-3-1-2-12/h4-5H,1-3,12H2. The minimum atomic E-state index is -1.26. The van der Waals surface area contributed by atoms with Crippen molar-refractivity contribution in [1.29, 1.82) is 0 Å². The number of hydrogen-bond acceptors (Lipinski definition) is 4. The predicted molar refractivity (Wildman–Crippen MR) is 52.2 cm³/mol. The average Bonchev–Trinajstić information content (AvgIpc) is 2.16. The monoisotopic (exact) mass is 232 g/mol. The number of rotatable bonds is 5. The van der Waals surface area contributed by atoms with Crippen LogP contribution in [0, 0.1) is 21.7 Å². The zero-order chi connectivity index (χ0) is 12.1. The van der Waals surface area contributed by atoms with Crippen molar-refractivity contribution in [2.45, 2.75) is 6.42 Å². The third-order valence-electron chi connectivity index (χ3n) is 1.78. The Morgan fingerprint density at radius 3 is 2.69 bits per heavy atom. The predicted octanol–water partition coefficient (Wildman–Crippen LogP) is 1.60. The van der Waals surface area contributed by atoms with Gasteiger partial charge in [-0.15, -0.1) is 0 Å². The van der Waals surface area contributed by atoms with Crippen LogP contribution in [0.15, 0.2) is 12.1 Å². The van der Waals surface area contributed by atoms with Crippen molar-refractivity contribution in [2.24, 2.45) is 5.73 Å². The maximum Gasteiger partial charge on any atom is 0.346 e. The first kappa shape index (κ1) is 12.3. The lowest BCUT2D eigenvalue weighted by Crippen LogP contribution is -2.08. The Kier molecular flexibility index (Phi) is 4.12. The fraction of sp³-hybridized carbons (Fsp3) is 0.333. The van der Waals surface area contributed by atoms with Gasteiger partial charge in [-0.2, -0.15) is 4.39 Å². The van der Waals surface area contributed by atoms with Gasteiger partial charge >= 0.3 is 5.69 Å². The molecule has 0 amide bonds. The third kappa shape index (κ3) is 2.86. The van der Waals surface area contributed by atoms with Crippen molar-refractivity contribution in [3.8, 4) is 5.75 Å². The minimum Gasteiger partial charge on any atom is -0.487 e. The Hall–Kier alpha value is -1.76. The van der Waals surface area contributed by atoms with Crippen molar-refractivity contribution in [1.82, 2.24) is 0 Å². The molecule has 16 heavy (non-hydrogen) atoms. The summed E-state index contributed by atoms with van der Waals surface area (Å²) in [6.07, 6.45) is 0.440. The zero-order valence-electron chi connectivity index (χ0n) is 8.28. The van der Waals surface area contributed by atoms with Crippen LogP contribution in [0.5, 0.6) is 5.75 Å². The highest BCUT2D eigenvalue weighted by Crippen LogP contribution is 2.30. The second-order valence-corrected chi connectivity index (χ2v) is 2.98. The highest BCUT2D eigenvalue weighted by molar-refractivity contribution is 5.47. The molecule has 1 aromatic carbocycles. The van der Waals surface area contributed by atoms with E-state index in [4.69, 9.17) is 10.5 Å². The summed E-state index contributed by atoms with van der Waals surface area (Å²) in [5.41, 5.74) is 4.33. The molecule has 1 aromatic rings. The van der Waals surface area contributed by atoms with Gasteiger partial charge in [0.05, 0.1) is 11.5 Å². The quantitative estimate of drug-likeness (QED) is 0.475. The summed E-state index contributed by atoms with van der Waals surface area (Å²) < 4.78 is 30.8. The fourth-order valence-electron chi connectivity index (χ4n) is 1.10. The lowest BCUT2D eigenvalue weighted by Gasteiger charge is -2.06. The fourth-order valence-corrected chi connectivity index (χ4v) is 1.10. The highest BCUT2D eigenvalue weighted by atomic mass is 19.1. The van der Waals surface area contributed by atoms with E-state index in [0.717, 1.165) is 6.07 Å². The topological polar surface area (TPSA) is 78.4 Å². The van der Waals surface area contributed by atoms with Gasteiger partial charge in [0.25, 0.3) is 0 Å². The molecule has 0 aliphatic rings. The van der Waals surface area contributed by atoms with Crippen LogP contribution in [0.1, 0.15) is 6.42 Å². The van der Waals surface area contributed by atoms with Crippen molar-refractivity contribution in [3.63, 3.8) is 0 Å². The Morgan fingerprint density at radius 2 is 2.12 bits per heavy atom. The van der Waals surface area contributed by atoms with Crippen LogP contribution in [-0.2, 0) is 0 Å². The molecule has 0 radical (unpaired) electrons. The van der Waals surface area contributed by atoms with Gasteiger partial charge in [-0.3, -0.25) is 10.1 Å². The maximum atomic E-state index is 13.1. The van der Waals surface area contributed by atoms with Gasteiger partial charge < -0.3 is 10.5 Å². The lowest BCUT2D eigenvalue weighted by molar-refractivity contribution is -0.388. The summed E-state index contributed by atoms with van der Waals surface area (Å²) in [7, 11) is 0. The van der Waals surface area contributed by atoms with Crippen molar-refractivity contribution >= 4 is 5.69 Å². The van der Waals surface area contributed by atoms with Crippen LogP contribution in [0.4, 0.5) is 14.5 Å². The van der Waals surface area contributed by atoms with Gasteiger partial charge in [0.2, 0.25) is 11.6 Å². The van der Waals surface area contributed by atoms with Crippen LogP contribution >= 0.6 is 0 Å². The highest BCUT2D eigenvalue weighted by Gasteiger charge is 2.23. The molecule has 0 aromatic heterocycles. The molecule has 88 valence electrons. The molecule has 0 fully saturated rings. The molecule has 0 bridgehead atoms. The van der Waals surface area contributed by atoms with E-state index >= 15 is 0 Å². The third-order valence-corrected chi connectivity index (χ3v) is 1.78. The SMILES string of the molecule is NCCCOc1cc(F)cc(F)c1[N+](=O)[O-]. The number of ether oxygens (including phenoxy) is 1. The number of nitrogens with two attached hydrogens (primary N) is 1. The molecule has 2 N–H and O–H groups in total. The van der Waals surface area contributed by atoms with E-state index in [1.54, 1.807) is 0 Å². The summed E-state index contributed by atoms with van der Waals surface area (Å²) in [5.74, 6) is -2.60. The van der Waals surface area contributed by atoms with Crippen LogP contribution in [0.2, 0.25) is 0 Å². The number of halogens is 2. The molecule has 0 aliphatic carbocycles. The van der Waals surface area contributed by atoms with E-state index in [2.05, 4.69) is 0 Å². The average molecular weight is 232 g/mol. The first-order valence-electron chi connectivity index (χ1n) is 4.52. The number of hydrogen-bond donors (Lipinski definition) is 1. The summed E-state index contributed by atoms with van der Waals surface area (Å²) in [6.45, 7) is 0.395. The van der Waals surface area contributed by atoms with Crippen LogP contribution in [0.3, 0.4) is 0 Å².